The molecule has 1 aromatic carbocycles. The van der Waals surface area contributed by atoms with Gasteiger partial charge in [0.2, 0.25) is 0 Å². The molecule has 1 rings (SSSR count). The van der Waals surface area contributed by atoms with Gasteiger partial charge >= 0.3 is 5.97 Å². The first kappa shape index (κ1) is 9.38. The Balaban J connectivity index is 2.93. The van der Waals surface area contributed by atoms with E-state index in [-0.39, 0.29) is 11.7 Å². The minimum absolute atomic E-state index is 0.259. The second-order valence-corrected chi connectivity index (χ2v) is 2.59. The van der Waals surface area contributed by atoms with E-state index in [1.807, 2.05) is 0 Å². The Morgan fingerprint density at radius 1 is 1.38 bits per heavy atom. The number of carbonyl (C=O) groups excluding carboxylic acids is 1. The Hall–Kier alpha value is -1.71. The summed E-state index contributed by atoms with van der Waals surface area (Å²) in [5, 5.41) is 0. The van der Waals surface area contributed by atoms with Crippen LogP contribution >= 0.6 is 0 Å². The van der Waals surface area contributed by atoms with Crippen LogP contribution in [-0.2, 0) is 4.79 Å². The van der Waals surface area contributed by atoms with Gasteiger partial charge in [-0.15, -0.1) is 0 Å². The number of hydrogen-bond acceptors (Lipinski definition) is 4. The third kappa shape index (κ3) is 2.11. The number of hydrogen-bond donors (Lipinski definition) is 2. The van der Waals surface area contributed by atoms with Crippen molar-refractivity contribution in [1.29, 1.82) is 0 Å². The third-order valence-corrected chi connectivity index (χ3v) is 1.58. The van der Waals surface area contributed by atoms with Gasteiger partial charge in [-0.3, -0.25) is 4.79 Å². The highest BCUT2D eigenvalue weighted by atomic mass is 16.5. The molecule has 0 heterocycles. The van der Waals surface area contributed by atoms with Crippen LogP contribution in [0.15, 0.2) is 18.2 Å². The van der Waals surface area contributed by atoms with E-state index >= 15 is 0 Å². The van der Waals surface area contributed by atoms with E-state index in [1.54, 1.807) is 25.1 Å². The van der Waals surface area contributed by atoms with Crippen molar-refractivity contribution in [1.82, 2.24) is 0 Å². The van der Waals surface area contributed by atoms with E-state index in [0.29, 0.717) is 17.8 Å². The summed E-state index contributed by atoms with van der Waals surface area (Å²) in [5.41, 5.74) is 11.9. The van der Waals surface area contributed by atoms with Crippen LogP contribution in [0.25, 0.3) is 0 Å². The van der Waals surface area contributed by atoms with E-state index in [0.717, 1.165) is 0 Å². The SMILES string of the molecule is CCC(=O)Oc1c(N)cccc1N. The molecule has 0 radical (unpaired) electrons. The zero-order valence-corrected chi connectivity index (χ0v) is 7.41. The average molecular weight is 180 g/mol. The van der Waals surface area contributed by atoms with Gasteiger partial charge < -0.3 is 16.2 Å². The zero-order valence-electron chi connectivity index (χ0n) is 7.41. The molecule has 0 aliphatic carbocycles. The van der Waals surface area contributed by atoms with Crippen molar-refractivity contribution in [2.24, 2.45) is 0 Å². The van der Waals surface area contributed by atoms with E-state index in [1.165, 1.54) is 0 Å². The monoisotopic (exact) mass is 180 g/mol. The molecule has 0 aliphatic heterocycles. The number of rotatable bonds is 2. The summed E-state index contributed by atoms with van der Waals surface area (Å²) in [7, 11) is 0. The normalized spacial score (nSPS) is 9.62. The maximum Gasteiger partial charge on any atom is 0.311 e. The van der Waals surface area contributed by atoms with Crippen LogP contribution in [-0.4, -0.2) is 5.97 Å². The number of esters is 1. The molecule has 0 fully saturated rings. The van der Waals surface area contributed by atoms with Crippen LogP contribution in [0.3, 0.4) is 0 Å². The van der Waals surface area contributed by atoms with Gasteiger partial charge in [-0.2, -0.15) is 0 Å². The standard InChI is InChI=1S/C9H12N2O2/c1-2-8(12)13-9-6(10)4-3-5-7(9)11/h3-5H,2,10-11H2,1H3. The van der Waals surface area contributed by atoms with Crippen LogP contribution < -0.4 is 16.2 Å². The van der Waals surface area contributed by atoms with Gasteiger partial charge in [-0.05, 0) is 12.1 Å². The minimum atomic E-state index is -0.343. The molecule has 4 heteroatoms. The first-order valence-corrected chi connectivity index (χ1v) is 3.99. The predicted octanol–water partition coefficient (Wildman–Crippen LogP) is 1.17. The summed E-state index contributed by atoms with van der Waals surface area (Å²) in [6.07, 6.45) is 0.299. The van der Waals surface area contributed by atoms with Gasteiger partial charge in [0.1, 0.15) is 0 Å². The molecular formula is C9H12N2O2. The van der Waals surface area contributed by atoms with Crippen molar-refractivity contribution in [3.05, 3.63) is 18.2 Å². The van der Waals surface area contributed by atoms with Crippen molar-refractivity contribution in [3.8, 4) is 5.75 Å². The van der Waals surface area contributed by atoms with E-state index in [4.69, 9.17) is 16.2 Å². The van der Waals surface area contributed by atoms with E-state index in [2.05, 4.69) is 0 Å². The average Bonchev–Trinajstić information content (AvgIpc) is 2.11. The lowest BCUT2D eigenvalue weighted by Gasteiger charge is -2.08. The highest BCUT2D eigenvalue weighted by molar-refractivity contribution is 5.78. The first-order valence-electron chi connectivity index (χ1n) is 3.99. The van der Waals surface area contributed by atoms with Crippen LogP contribution in [0.2, 0.25) is 0 Å². The van der Waals surface area contributed by atoms with Crippen molar-refractivity contribution in [3.63, 3.8) is 0 Å². The Labute approximate surface area is 76.5 Å². The topological polar surface area (TPSA) is 78.3 Å². The first-order chi connectivity index (χ1) is 6.15. The fourth-order valence-electron chi connectivity index (χ4n) is 0.877. The largest absolute Gasteiger partial charge is 0.422 e. The Bertz CT molecular complexity index is 303. The quantitative estimate of drug-likeness (QED) is 0.406. The molecule has 13 heavy (non-hydrogen) atoms. The number of nitrogen functional groups attached to an aromatic ring is 2. The molecule has 0 aliphatic rings. The fraction of sp³-hybridized carbons (Fsp3) is 0.222. The minimum Gasteiger partial charge on any atom is -0.422 e. The Kier molecular flexibility index (Phi) is 2.74. The van der Waals surface area contributed by atoms with Crippen molar-refractivity contribution in [2.75, 3.05) is 11.5 Å². The highest BCUT2D eigenvalue weighted by Crippen LogP contribution is 2.28. The third-order valence-electron chi connectivity index (χ3n) is 1.58. The molecular weight excluding hydrogens is 168 g/mol. The molecule has 0 amide bonds. The lowest BCUT2D eigenvalue weighted by Crippen LogP contribution is -2.09. The molecule has 0 unspecified atom stereocenters. The Morgan fingerprint density at radius 2 is 1.92 bits per heavy atom. The molecule has 0 saturated heterocycles. The van der Waals surface area contributed by atoms with Crippen LogP contribution in [0.5, 0.6) is 5.75 Å². The van der Waals surface area contributed by atoms with E-state index in [9.17, 15) is 4.79 Å². The molecule has 1 aromatic rings. The summed E-state index contributed by atoms with van der Waals surface area (Å²) >= 11 is 0. The zero-order chi connectivity index (χ0) is 9.84. The van der Waals surface area contributed by atoms with Gasteiger partial charge in [-0.25, -0.2) is 0 Å². The maximum atomic E-state index is 11.0. The predicted molar refractivity (Wildman–Crippen MR) is 51.2 cm³/mol. The molecule has 0 saturated carbocycles. The lowest BCUT2D eigenvalue weighted by molar-refractivity contribution is -0.133. The van der Waals surface area contributed by atoms with Crippen LogP contribution in [0, 0.1) is 0 Å². The van der Waals surface area contributed by atoms with Gasteiger partial charge in [0.25, 0.3) is 0 Å². The lowest BCUT2D eigenvalue weighted by atomic mass is 10.2. The van der Waals surface area contributed by atoms with Gasteiger partial charge in [0.15, 0.2) is 5.75 Å². The molecule has 4 nitrogen and oxygen atoms in total. The fourth-order valence-corrected chi connectivity index (χ4v) is 0.877. The second-order valence-electron chi connectivity index (χ2n) is 2.59. The number of nitrogens with two attached hydrogens (primary N) is 2. The van der Waals surface area contributed by atoms with Gasteiger partial charge in [0, 0.05) is 6.42 Å². The number of anilines is 2. The second kappa shape index (κ2) is 3.80. The van der Waals surface area contributed by atoms with Crippen molar-refractivity contribution >= 4 is 17.3 Å². The summed E-state index contributed by atoms with van der Waals surface area (Å²) in [6, 6.07) is 4.97. The highest BCUT2D eigenvalue weighted by Gasteiger charge is 2.08. The Morgan fingerprint density at radius 3 is 2.38 bits per heavy atom. The molecule has 4 N–H and O–H groups in total. The summed E-state index contributed by atoms with van der Waals surface area (Å²) in [6.45, 7) is 1.71. The molecule has 0 atom stereocenters. The number of para-hydroxylation sites is 1. The number of carbonyl (C=O) groups is 1. The molecule has 0 bridgehead atoms. The van der Waals surface area contributed by atoms with Crippen LogP contribution in [0.1, 0.15) is 13.3 Å². The van der Waals surface area contributed by atoms with Gasteiger partial charge in [0.05, 0.1) is 11.4 Å². The van der Waals surface area contributed by atoms with Crippen molar-refractivity contribution in [2.45, 2.75) is 13.3 Å². The summed E-state index contributed by atoms with van der Waals surface area (Å²) < 4.78 is 4.94. The molecule has 70 valence electrons. The number of benzene rings is 1. The smallest absolute Gasteiger partial charge is 0.311 e. The number of ether oxygens (including phenoxy) is 1. The summed E-state index contributed by atoms with van der Waals surface area (Å²) in [4.78, 5) is 11.0. The molecule has 0 aromatic heterocycles. The van der Waals surface area contributed by atoms with E-state index < -0.39 is 0 Å². The van der Waals surface area contributed by atoms with Crippen molar-refractivity contribution < 1.29 is 9.53 Å². The maximum absolute atomic E-state index is 11.0. The van der Waals surface area contributed by atoms with Gasteiger partial charge in [-0.1, -0.05) is 13.0 Å². The summed E-state index contributed by atoms with van der Waals surface area (Å²) in [5.74, 6) is -0.0843. The van der Waals surface area contributed by atoms with Crippen LogP contribution in [0.4, 0.5) is 11.4 Å². The molecule has 0 spiro atoms.